The van der Waals surface area contributed by atoms with Crippen molar-refractivity contribution in [2.75, 3.05) is 6.61 Å². The van der Waals surface area contributed by atoms with Crippen molar-refractivity contribution in [2.45, 2.75) is 57.9 Å². The van der Waals surface area contributed by atoms with Crippen LogP contribution in [0.2, 0.25) is 0 Å². The molecule has 3 N–H and O–H groups in total. The third kappa shape index (κ3) is 4.87. The first-order valence-corrected chi connectivity index (χ1v) is 8.23. The number of hydrogen-bond acceptors (Lipinski definition) is 3. The van der Waals surface area contributed by atoms with E-state index in [9.17, 15) is 0 Å². The van der Waals surface area contributed by atoms with Crippen molar-refractivity contribution in [3.63, 3.8) is 0 Å². The summed E-state index contributed by atoms with van der Waals surface area (Å²) < 4.78 is 5.73. The van der Waals surface area contributed by atoms with Crippen LogP contribution in [0.25, 0.3) is 0 Å². The summed E-state index contributed by atoms with van der Waals surface area (Å²) >= 11 is 0. The average molecular weight is 288 g/mol. The molecule has 1 aliphatic carbocycles. The van der Waals surface area contributed by atoms with E-state index < -0.39 is 0 Å². The standard InChI is InChI=1S/C18H28N2O/c1-2-13-21-17-12-8-11-16(14-17)18(20-19)15-9-6-4-3-5-7-10-15/h8-9,11-12,14,18,20H,2-7,10,13,19H2,1H3/b15-9+. The van der Waals surface area contributed by atoms with E-state index in [2.05, 4.69) is 30.6 Å². The molecule has 1 aromatic rings. The van der Waals surface area contributed by atoms with Gasteiger partial charge in [-0.3, -0.25) is 5.84 Å². The summed E-state index contributed by atoms with van der Waals surface area (Å²) in [6, 6.07) is 8.41. The monoisotopic (exact) mass is 288 g/mol. The Morgan fingerprint density at radius 3 is 2.90 bits per heavy atom. The topological polar surface area (TPSA) is 47.3 Å². The molecule has 3 heteroatoms. The van der Waals surface area contributed by atoms with E-state index in [0.717, 1.165) is 25.2 Å². The highest BCUT2D eigenvalue weighted by Crippen LogP contribution is 2.30. The molecule has 0 spiro atoms. The van der Waals surface area contributed by atoms with Crippen molar-refractivity contribution in [3.8, 4) is 5.75 Å². The summed E-state index contributed by atoms with van der Waals surface area (Å²) in [6.45, 7) is 2.88. The van der Waals surface area contributed by atoms with Gasteiger partial charge in [0.05, 0.1) is 12.6 Å². The first kappa shape index (κ1) is 16.1. The molecule has 0 fully saturated rings. The van der Waals surface area contributed by atoms with Gasteiger partial charge in [0.25, 0.3) is 0 Å². The lowest BCUT2D eigenvalue weighted by Crippen LogP contribution is -2.29. The van der Waals surface area contributed by atoms with Gasteiger partial charge in [-0.2, -0.15) is 0 Å². The van der Waals surface area contributed by atoms with Crippen LogP contribution in [0.4, 0.5) is 0 Å². The van der Waals surface area contributed by atoms with Gasteiger partial charge in [-0.25, -0.2) is 5.43 Å². The highest BCUT2D eigenvalue weighted by atomic mass is 16.5. The number of ether oxygens (including phenoxy) is 1. The Balaban J connectivity index is 2.15. The van der Waals surface area contributed by atoms with Gasteiger partial charge < -0.3 is 4.74 Å². The molecule has 0 amide bonds. The van der Waals surface area contributed by atoms with Crippen LogP contribution < -0.4 is 16.0 Å². The fraction of sp³-hybridized carbons (Fsp3) is 0.556. The van der Waals surface area contributed by atoms with Gasteiger partial charge in [-0.15, -0.1) is 0 Å². The van der Waals surface area contributed by atoms with Gasteiger partial charge >= 0.3 is 0 Å². The maximum Gasteiger partial charge on any atom is 0.119 e. The molecule has 0 aliphatic heterocycles. The molecule has 1 unspecified atom stereocenters. The first-order valence-electron chi connectivity index (χ1n) is 8.23. The van der Waals surface area contributed by atoms with Crippen LogP contribution in [0.15, 0.2) is 35.9 Å². The highest BCUT2D eigenvalue weighted by molar-refractivity contribution is 5.35. The molecule has 3 nitrogen and oxygen atoms in total. The zero-order chi connectivity index (χ0) is 14.9. The molecule has 0 bridgehead atoms. The Bertz CT molecular complexity index is 456. The highest BCUT2D eigenvalue weighted by Gasteiger charge is 2.16. The lowest BCUT2D eigenvalue weighted by Gasteiger charge is -2.22. The minimum absolute atomic E-state index is 0.105. The fourth-order valence-electron chi connectivity index (χ4n) is 2.90. The number of allylic oxidation sites excluding steroid dienone is 1. The second-order valence-corrected chi connectivity index (χ2v) is 5.75. The minimum Gasteiger partial charge on any atom is -0.494 e. The number of nitrogens with two attached hydrogens (primary N) is 1. The van der Waals surface area contributed by atoms with Crippen LogP contribution in [-0.4, -0.2) is 6.61 Å². The van der Waals surface area contributed by atoms with Crippen LogP contribution in [-0.2, 0) is 0 Å². The summed E-state index contributed by atoms with van der Waals surface area (Å²) in [5, 5.41) is 0. The normalized spacial score (nSPS) is 20.0. The van der Waals surface area contributed by atoms with Crippen LogP contribution in [0, 0.1) is 0 Å². The number of nitrogens with one attached hydrogen (secondary N) is 1. The number of rotatable bonds is 6. The van der Waals surface area contributed by atoms with Crippen LogP contribution in [0.1, 0.15) is 63.5 Å². The molecule has 0 radical (unpaired) electrons. The first-order chi connectivity index (χ1) is 10.3. The minimum atomic E-state index is 0.105. The zero-order valence-corrected chi connectivity index (χ0v) is 13.1. The molecule has 0 saturated carbocycles. The van der Waals surface area contributed by atoms with Gasteiger partial charge in [-0.05, 0) is 49.8 Å². The average Bonchev–Trinajstić information content (AvgIpc) is 2.48. The second-order valence-electron chi connectivity index (χ2n) is 5.75. The predicted molar refractivity (Wildman–Crippen MR) is 88.1 cm³/mol. The number of hydrazine groups is 1. The summed E-state index contributed by atoms with van der Waals surface area (Å²) in [5.41, 5.74) is 5.61. The van der Waals surface area contributed by atoms with Crippen LogP contribution in [0.5, 0.6) is 5.75 Å². The predicted octanol–water partition coefficient (Wildman–Crippen LogP) is 4.26. The molecule has 0 saturated heterocycles. The van der Waals surface area contributed by atoms with Crippen molar-refractivity contribution in [1.29, 1.82) is 0 Å². The fourth-order valence-corrected chi connectivity index (χ4v) is 2.90. The van der Waals surface area contributed by atoms with E-state index in [1.165, 1.54) is 43.2 Å². The van der Waals surface area contributed by atoms with E-state index >= 15 is 0 Å². The van der Waals surface area contributed by atoms with Crippen molar-refractivity contribution < 1.29 is 4.74 Å². The molecule has 116 valence electrons. The Labute approximate surface area is 128 Å². The maximum absolute atomic E-state index is 5.84. The molecule has 1 aliphatic rings. The SMILES string of the molecule is CCCOc1cccc(C(NN)/C2=C/CCCCCC2)c1. The second kappa shape index (κ2) is 8.85. The summed E-state index contributed by atoms with van der Waals surface area (Å²) in [7, 11) is 0. The molecule has 0 aromatic heterocycles. The van der Waals surface area contributed by atoms with E-state index in [-0.39, 0.29) is 6.04 Å². The van der Waals surface area contributed by atoms with Gasteiger partial charge in [-0.1, -0.05) is 43.5 Å². The van der Waals surface area contributed by atoms with Crippen molar-refractivity contribution in [2.24, 2.45) is 5.84 Å². The summed E-state index contributed by atoms with van der Waals surface area (Å²) in [6.07, 6.45) is 10.9. The maximum atomic E-state index is 5.84. The third-order valence-electron chi connectivity index (χ3n) is 4.03. The smallest absolute Gasteiger partial charge is 0.119 e. The quantitative estimate of drug-likeness (QED) is 0.467. The van der Waals surface area contributed by atoms with Crippen molar-refractivity contribution >= 4 is 0 Å². The number of benzene rings is 1. The van der Waals surface area contributed by atoms with E-state index in [4.69, 9.17) is 10.6 Å². The van der Waals surface area contributed by atoms with Crippen LogP contribution in [0.3, 0.4) is 0 Å². The molecule has 2 rings (SSSR count). The Morgan fingerprint density at radius 2 is 2.10 bits per heavy atom. The lowest BCUT2D eigenvalue weighted by atomic mass is 9.91. The van der Waals surface area contributed by atoms with Crippen molar-refractivity contribution in [1.82, 2.24) is 5.43 Å². The van der Waals surface area contributed by atoms with Crippen molar-refractivity contribution in [3.05, 3.63) is 41.5 Å². The largest absolute Gasteiger partial charge is 0.494 e. The Hall–Kier alpha value is -1.32. The van der Waals surface area contributed by atoms with Crippen LogP contribution >= 0.6 is 0 Å². The summed E-state index contributed by atoms with van der Waals surface area (Å²) in [4.78, 5) is 0. The molecule has 1 aromatic carbocycles. The van der Waals surface area contributed by atoms with Gasteiger partial charge in [0.1, 0.15) is 5.75 Å². The molecule has 21 heavy (non-hydrogen) atoms. The molecular weight excluding hydrogens is 260 g/mol. The summed E-state index contributed by atoms with van der Waals surface area (Å²) in [5.74, 6) is 6.78. The van der Waals surface area contributed by atoms with E-state index in [0.29, 0.717) is 0 Å². The Kier molecular flexibility index (Phi) is 6.77. The van der Waals surface area contributed by atoms with E-state index in [1.54, 1.807) is 0 Å². The van der Waals surface area contributed by atoms with Gasteiger partial charge in [0, 0.05) is 0 Å². The lowest BCUT2D eigenvalue weighted by molar-refractivity contribution is 0.317. The van der Waals surface area contributed by atoms with Gasteiger partial charge in [0.15, 0.2) is 0 Å². The molecule has 1 atom stereocenters. The molecular formula is C18H28N2O. The zero-order valence-electron chi connectivity index (χ0n) is 13.1. The Morgan fingerprint density at radius 1 is 1.24 bits per heavy atom. The third-order valence-corrected chi connectivity index (χ3v) is 4.03. The van der Waals surface area contributed by atoms with E-state index in [1.807, 2.05) is 12.1 Å². The molecule has 0 heterocycles. The number of hydrogen-bond donors (Lipinski definition) is 2. The van der Waals surface area contributed by atoms with Gasteiger partial charge in [0.2, 0.25) is 0 Å².